The molecule has 2 nitrogen and oxygen atoms in total. The van der Waals surface area contributed by atoms with E-state index in [2.05, 4.69) is 0 Å². The van der Waals surface area contributed by atoms with Gasteiger partial charge in [0, 0.05) is 11.6 Å². The molecule has 0 amide bonds. The minimum absolute atomic E-state index is 0.291. The summed E-state index contributed by atoms with van der Waals surface area (Å²) < 4.78 is 12.8. The lowest BCUT2D eigenvalue weighted by molar-refractivity contribution is 0.419. The number of halogens is 1. The average molecular weight is 169 g/mol. The molecule has 0 aliphatic heterocycles. The summed E-state index contributed by atoms with van der Waals surface area (Å²) in [7, 11) is 0. The summed E-state index contributed by atoms with van der Waals surface area (Å²) >= 11 is 0. The molecule has 3 heteroatoms. The van der Waals surface area contributed by atoms with Crippen LogP contribution in [0, 0.1) is 5.82 Å². The summed E-state index contributed by atoms with van der Waals surface area (Å²) in [5.41, 5.74) is 6.11. The number of aromatic hydroxyl groups is 1. The SMILES string of the molecule is CC[C@@H](N)c1cccc(F)c1O. The summed E-state index contributed by atoms with van der Waals surface area (Å²) in [6, 6.07) is 4.09. The summed E-state index contributed by atoms with van der Waals surface area (Å²) in [4.78, 5) is 0. The number of para-hydroxylation sites is 1. The van der Waals surface area contributed by atoms with Crippen molar-refractivity contribution in [1.82, 2.24) is 0 Å². The first-order valence-electron chi connectivity index (χ1n) is 3.89. The molecule has 1 aromatic rings. The Morgan fingerprint density at radius 2 is 2.25 bits per heavy atom. The molecule has 12 heavy (non-hydrogen) atoms. The van der Waals surface area contributed by atoms with Crippen molar-refractivity contribution in [1.29, 1.82) is 0 Å². The van der Waals surface area contributed by atoms with Crippen molar-refractivity contribution in [2.24, 2.45) is 5.73 Å². The second-order valence-corrected chi connectivity index (χ2v) is 2.69. The lowest BCUT2D eigenvalue weighted by atomic mass is 10.0. The minimum Gasteiger partial charge on any atom is -0.505 e. The number of hydrogen-bond acceptors (Lipinski definition) is 2. The second kappa shape index (κ2) is 3.54. The lowest BCUT2D eigenvalue weighted by Crippen LogP contribution is -2.09. The third-order valence-corrected chi connectivity index (χ3v) is 1.86. The zero-order valence-electron chi connectivity index (χ0n) is 6.92. The predicted octanol–water partition coefficient (Wildman–Crippen LogP) is 1.94. The monoisotopic (exact) mass is 169 g/mol. The third kappa shape index (κ3) is 1.56. The van der Waals surface area contributed by atoms with E-state index in [4.69, 9.17) is 5.73 Å². The molecular formula is C9H12FNO. The van der Waals surface area contributed by atoms with E-state index in [-0.39, 0.29) is 11.8 Å². The van der Waals surface area contributed by atoms with Gasteiger partial charge in [0.05, 0.1) is 0 Å². The van der Waals surface area contributed by atoms with E-state index in [1.54, 1.807) is 12.1 Å². The van der Waals surface area contributed by atoms with Gasteiger partial charge in [-0.2, -0.15) is 0 Å². The fourth-order valence-corrected chi connectivity index (χ4v) is 1.05. The Kier molecular flexibility index (Phi) is 2.65. The van der Waals surface area contributed by atoms with Crippen LogP contribution in [0.4, 0.5) is 4.39 Å². The van der Waals surface area contributed by atoms with Crippen molar-refractivity contribution in [3.05, 3.63) is 29.6 Å². The molecule has 0 spiro atoms. The van der Waals surface area contributed by atoms with Crippen LogP contribution in [0.15, 0.2) is 18.2 Å². The van der Waals surface area contributed by atoms with Gasteiger partial charge in [0.15, 0.2) is 11.6 Å². The van der Waals surface area contributed by atoms with E-state index in [1.807, 2.05) is 6.92 Å². The van der Waals surface area contributed by atoms with Gasteiger partial charge in [-0.1, -0.05) is 19.1 Å². The van der Waals surface area contributed by atoms with Crippen LogP contribution in [0.5, 0.6) is 5.75 Å². The molecule has 0 aromatic heterocycles. The van der Waals surface area contributed by atoms with E-state index in [1.165, 1.54) is 6.07 Å². The molecule has 1 atom stereocenters. The molecule has 0 aliphatic rings. The summed E-state index contributed by atoms with van der Waals surface area (Å²) in [5.74, 6) is -0.941. The second-order valence-electron chi connectivity index (χ2n) is 2.69. The van der Waals surface area contributed by atoms with Gasteiger partial charge in [0.1, 0.15) is 0 Å². The number of nitrogens with two attached hydrogens (primary N) is 1. The Morgan fingerprint density at radius 1 is 1.58 bits per heavy atom. The summed E-state index contributed by atoms with van der Waals surface area (Å²) in [5, 5.41) is 9.24. The Labute approximate surface area is 70.8 Å². The van der Waals surface area contributed by atoms with Crippen molar-refractivity contribution >= 4 is 0 Å². The Hall–Kier alpha value is -1.09. The highest BCUT2D eigenvalue weighted by Gasteiger charge is 2.11. The first kappa shape index (κ1) is 9.00. The largest absolute Gasteiger partial charge is 0.505 e. The summed E-state index contributed by atoms with van der Waals surface area (Å²) in [6.45, 7) is 1.88. The molecule has 0 unspecified atom stereocenters. The van der Waals surface area contributed by atoms with Crippen LogP contribution in [-0.4, -0.2) is 5.11 Å². The van der Waals surface area contributed by atoms with Crippen molar-refractivity contribution in [3.63, 3.8) is 0 Å². The van der Waals surface area contributed by atoms with Crippen molar-refractivity contribution in [3.8, 4) is 5.75 Å². The number of rotatable bonds is 2. The van der Waals surface area contributed by atoms with Gasteiger partial charge in [-0.25, -0.2) is 4.39 Å². The molecule has 0 radical (unpaired) electrons. The first-order valence-corrected chi connectivity index (χ1v) is 3.89. The van der Waals surface area contributed by atoms with Gasteiger partial charge in [-0.05, 0) is 12.5 Å². The molecule has 0 heterocycles. The van der Waals surface area contributed by atoms with E-state index in [0.29, 0.717) is 12.0 Å². The van der Waals surface area contributed by atoms with Crippen molar-refractivity contribution < 1.29 is 9.50 Å². The van der Waals surface area contributed by atoms with E-state index in [9.17, 15) is 9.50 Å². The van der Waals surface area contributed by atoms with Gasteiger partial charge in [-0.15, -0.1) is 0 Å². The van der Waals surface area contributed by atoms with Gasteiger partial charge in [-0.3, -0.25) is 0 Å². The molecule has 0 aliphatic carbocycles. The zero-order valence-corrected chi connectivity index (χ0v) is 6.92. The highest BCUT2D eigenvalue weighted by atomic mass is 19.1. The average Bonchev–Trinajstić information content (AvgIpc) is 2.08. The van der Waals surface area contributed by atoms with Crippen LogP contribution in [0.2, 0.25) is 0 Å². The van der Waals surface area contributed by atoms with Gasteiger partial charge in [0.25, 0.3) is 0 Å². The molecule has 1 aromatic carbocycles. The normalized spacial score (nSPS) is 12.9. The van der Waals surface area contributed by atoms with Crippen LogP contribution in [0.25, 0.3) is 0 Å². The Balaban J connectivity index is 3.07. The predicted molar refractivity (Wildman–Crippen MR) is 45.3 cm³/mol. The fraction of sp³-hybridized carbons (Fsp3) is 0.333. The Morgan fingerprint density at radius 3 is 2.83 bits per heavy atom. The lowest BCUT2D eigenvalue weighted by Gasteiger charge is -2.10. The smallest absolute Gasteiger partial charge is 0.165 e. The summed E-state index contributed by atoms with van der Waals surface area (Å²) in [6.07, 6.45) is 0.678. The van der Waals surface area contributed by atoms with Crippen LogP contribution in [0.1, 0.15) is 24.9 Å². The molecule has 0 saturated heterocycles. The maximum absolute atomic E-state index is 12.8. The van der Waals surface area contributed by atoms with Crippen molar-refractivity contribution in [2.45, 2.75) is 19.4 Å². The molecule has 3 N–H and O–H groups in total. The van der Waals surface area contributed by atoms with E-state index in [0.717, 1.165) is 0 Å². The zero-order chi connectivity index (χ0) is 9.14. The first-order chi connectivity index (χ1) is 5.66. The van der Waals surface area contributed by atoms with E-state index >= 15 is 0 Å². The van der Waals surface area contributed by atoms with Gasteiger partial charge in [0.2, 0.25) is 0 Å². The standard InChI is InChI=1S/C9H12FNO/c1-2-8(11)6-4-3-5-7(10)9(6)12/h3-5,8,12H,2,11H2,1H3/t8-/m1/s1. The van der Waals surface area contributed by atoms with Crippen LogP contribution in [-0.2, 0) is 0 Å². The number of phenols is 1. The molecule has 1 rings (SSSR count). The number of hydrogen-bond donors (Lipinski definition) is 2. The highest BCUT2D eigenvalue weighted by molar-refractivity contribution is 5.35. The molecular weight excluding hydrogens is 157 g/mol. The highest BCUT2D eigenvalue weighted by Crippen LogP contribution is 2.26. The molecule has 0 fully saturated rings. The van der Waals surface area contributed by atoms with Crippen LogP contribution in [0.3, 0.4) is 0 Å². The number of benzene rings is 1. The van der Waals surface area contributed by atoms with Crippen LogP contribution >= 0.6 is 0 Å². The maximum Gasteiger partial charge on any atom is 0.165 e. The van der Waals surface area contributed by atoms with E-state index < -0.39 is 5.82 Å². The van der Waals surface area contributed by atoms with Crippen LogP contribution < -0.4 is 5.73 Å². The maximum atomic E-state index is 12.8. The fourth-order valence-electron chi connectivity index (χ4n) is 1.05. The number of phenolic OH excluding ortho intramolecular Hbond substituents is 1. The van der Waals surface area contributed by atoms with Gasteiger partial charge < -0.3 is 10.8 Å². The topological polar surface area (TPSA) is 46.2 Å². The molecule has 0 bridgehead atoms. The molecule has 0 saturated carbocycles. The Bertz CT molecular complexity index is 275. The van der Waals surface area contributed by atoms with Crippen molar-refractivity contribution in [2.75, 3.05) is 0 Å². The molecule has 66 valence electrons. The third-order valence-electron chi connectivity index (χ3n) is 1.86. The minimum atomic E-state index is -0.614. The van der Waals surface area contributed by atoms with Gasteiger partial charge >= 0.3 is 0 Å². The quantitative estimate of drug-likeness (QED) is 0.710.